The Kier molecular flexibility index (Phi) is 33.6. The lowest BCUT2D eigenvalue weighted by Crippen LogP contribution is -2.66. The number of nitrogens with zero attached hydrogens (tertiary/aromatic N) is 1. The Hall–Kier alpha value is -2.48. The van der Waals surface area contributed by atoms with Crippen LogP contribution in [0.15, 0.2) is 60.7 Å². The summed E-state index contributed by atoms with van der Waals surface area (Å²) in [6.07, 6.45) is 46.3. The van der Waals surface area contributed by atoms with Crippen LogP contribution in [0.1, 0.15) is 272 Å². The molecule has 6 nitrogen and oxygen atoms in total. The Bertz CT molecular complexity index is 1480. The van der Waals surface area contributed by atoms with E-state index in [1.54, 1.807) is 0 Å². The maximum Gasteiger partial charge on any atom is 0.308 e. The molecule has 4 rings (SSSR count). The fourth-order valence-electron chi connectivity index (χ4n) is 12.3. The van der Waals surface area contributed by atoms with Crippen molar-refractivity contribution in [1.29, 1.82) is 0 Å². The first kappa shape index (κ1) is 62.1. The van der Waals surface area contributed by atoms with Crippen LogP contribution in [0.25, 0.3) is 0 Å². The van der Waals surface area contributed by atoms with Gasteiger partial charge in [-0.25, -0.2) is 0 Å². The summed E-state index contributed by atoms with van der Waals surface area (Å²) >= 11 is 0. The molecule has 0 aromatic heterocycles. The molecule has 410 valence electrons. The summed E-state index contributed by atoms with van der Waals surface area (Å²) in [4.78, 5) is 29.6. The Labute approximate surface area is 445 Å². The van der Waals surface area contributed by atoms with Gasteiger partial charge in [-0.05, 0) is 92.7 Å². The van der Waals surface area contributed by atoms with Crippen LogP contribution in [0.3, 0.4) is 0 Å². The molecule has 0 N–H and O–H groups in total. The van der Waals surface area contributed by atoms with Crippen molar-refractivity contribution in [1.82, 2.24) is 4.90 Å². The first-order valence-electron chi connectivity index (χ1n) is 31.1. The second-order valence-corrected chi connectivity index (χ2v) is 27.9. The zero-order valence-electron chi connectivity index (χ0n) is 47.4. The van der Waals surface area contributed by atoms with Gasteiger partial charge in [-0.2, -0.15) is 0 Å². The molecule has 0 amide bonds. The van der Waals surface area contributed by atoms with E-state index in [9.17, 15) is 9.59 Å². The van der Waals surface area contributed by atoms with Crippen LogP contribution in [-0.4, -0.2) is 64.1 Å². The second kappa shape index (κ2) is 39.0. The molecule has 0 atom stereocenters. The van der Waals surface area contributed by atoms with Gasteiger partial charge in [0.25, 0.3) is 8.32 Å². The zero-order valence-corrected chi connectivity index (χ0v) is 48.4. The summed E-state index contributed by atoms with van der Waals surface area (Å²) < 4.78 is 19.4. The molecule has 2 fully saturated rings. The molecule has 0 aliphatic heterocycles. The van der Waals surface area contributed by atoms with Crippen molar-refractivity contribution in [3.8, 4) is 0 Å². The minimum atomic E-state index is -2.56. The summed E-state index contributed by atoms with van der Waals surface area (Å²) in [6.45, 7) is 13.4. The molecule has 0 spiro atoms. The third kappa shape index (κ3) is 24.9. The minimum Gasteiger partial charge on any atom is -0.465 e. The first-order valence-corrected chi connectivity index (χ1v) is 33.0. The molecule has 0 saturated heterocycles. The average Bonchev–Trinajstić information content (AvgIpc) is 3.40. The van der Waals surface area contributed by atoms with Gasteiger partial charge in [0.05, 0.1) is 25.0 Å². The topological polar surface area (TPSA) is 65.1 Å². The van der Waals surface area contributed by atoms with Crippen molar-refractivity contribution in [2.24, 2.45) is 11.8 Å². The fraction of sp³-hybridized carbons (Fsp3) is 0.785. The summed E-state index contributed by atoms with van der Waals surface area (Å²) in [7, 11) is -2.56. The molecule has 7 heteroatoms. The Morgan fingerprint density at radius 1 is 0.472 bits per heavy atom. The highest BCUT2D eigenvalue weighted by molar-refractivity contribution is 6.99. The average molecular weight is 1010 g/mol. The second-order valence-electron chi connectivity index (χ2n) is 23.6. The summed E-state index contributed by atoms with van der Waals surface area (Å²) in [5.41, 5.74) is 0. The monoisotopic (exact) mass is 1010 g/mol. The molecule has 2 aliphatic carbocycles. The lowest BCUT2D eigenvalue weighted by Gasteiger charge is -2.43. The van der Waals surface area contributed by atoms with Crippen molar-refractivity contribution in [3.63, 3.8) is 0 Å². The number of carbonyl (C=O) groups excluding carboxylic acids is 2. The lowest BCUT2D eigenvalue weighted by molar-refractivity contribution is -0.150. The largest absolute Gasteiger partial charge is 0.465 e. The van der Waals surface area contributed by atoms with E-state index in [0.29, 0.717) is 19.3 Å². The van der Waals surface area contributed by atoms with Gasteiger partial charge in [0, 0.05) is 12.6 Å². The number of ether oxygens (including phenoxy) is 2. The molecular weight excluding hydrogens is 903 g/mol. The number of carbonyl (C=O) groups is 2. The highest BCUT2D eigenvalue weighted by atomic mass is 28.4. The zero-order chi connectivity index (χ0) is 51.2. The molecule has 2 aromatic rings. The maximum atomic E-state index is 13.4. The van der Waals surface area contributed by atoms with E-state index in [-0.39, 0.29) is 28.8 Å². The van der Waals surface area contributed by atoms with Gasteiger partial charge < -0.3 is 18.8 Å². The van der Waals surface area contributed by atoms with Crippen LogP contribution in [0.2, 0.25) is 5.04 Å². The van der Waals surface area contributed by atoms with Crippen LogP contribution >= 0.6 is 0 Å². The fourth-order valence-corrected chi connectivity index (χ4v) is 16.9. The van der Waals surface area contributed by atoms with Gasteiger partial charge in [0.2, 0.25) is 0 Å². The Balaban J connectivity index is 1.28. The van der Waals surface area contributed by atoms with Crippen molar-refractivity contribution in [2.75, 3.05) is 32.9 Å². The van der Waals surface area contributed by atoms with Gasteiger partial charge >= 0.3 is 11.9 Å². The number of hydrogen-bond acceptors (Lipinski definition) is 6. The van der Waals surface area contributed by atoms with Crippen molar-refractivity contribution in [3.05, 3.63) is 60.7 Å². The van der Waals surface area contributed by atoms with Gasteiger partial charge in [-0.1, -0.05) is 268 Å². The molecule has 0 radical (unpaired) electrons. The number of esters is 2. The molecule has 72 heavy (non-hydrogen) atoms. The predicted molar refractivity (Wildman–Crippen MR) is 309 cm³/mol. The Morgan fingerprint density at radius 2 is 0.806 bits per heavy atom. The third-order valence-corrected chi connectivity index (χ3v) is 21.8. The van der Waals surface area contributed by atoms with Crippen molar-refractivity contribution in [2.45, 2.75) is 283 Å². The predicted octanol–water partition coefficient (Wildman–Crippen LogP) is 17.4. The van der Waals surface area contributed by atoms with E-state index in [0.717, 1.165) is 122 Å². The normalized spacial score (nSPS) is 18.1. The standard InChI is InChI=1S/C65H111NO5Si/c1-5-66(54-40-43-57-71-72(65(2,3)4,61-50-36-26-37-51-61)62-52-38-27-39-53-62)60(48-34-28-41-55-69-63(67)58-44-30-22-18-14-10-6-7-11-15-19-23-31-45-58)49-35-29-42-56-70-64(68)59-46-32-24-20-16-12-8-9-13-17-21-25-33-47-59/h26-27,36-39,50-53,58-60H,5-25,28-35,40-49,54-57H2,1-4H3. The molecule has 0 unspecified atom stereocenters. The van der Waals surface area contributed by atoms with Crippen molar-refractivity contribution < 1.29 is 23.5 Å². The van der Waals surface area contributed by atoms with Gasteiger partial charge in [-0.3, -0.25) is 9.59 Å². The molecule has 2 saturated carbocycles. The van der Waals surface area contributed by atoms with Crippen LogP contribution < -0.4 is 10.4 Å². The van der Waals surface area contributed by atoms with Gasteiger partial charge in [0.15, 0.2) is 0 Å². The number of unbranched alkanes of at least 4 members (excludes halogenated alkanes) is 5. The molecule has 2 aromatic carbocycles. The number of benzene rings is 2. The van der Waals surface area contributed by atoms with Crippen LogP contribution in [0.4, 0.5) is 0 Å². The Morgan fingerprint density at radius 3 is 1.14 bits per heavy atom. The summed E-state index contributed by atoms with van der Waals surface area (Å²) in [5, 5.41) is 2.67. The number of rotatable bonds is 24. The smallest absolute Gasteiger partial charge is 0.308 e. The highest BCUT2D eigenvalue weighted by Gasteiger charge is 2.50. The quantitative estimate of drug-likeness (QED) is 0.0593. The van der Waals surface area contributed by atoms with Crippen LogP contribution in [0.5, 0.6) is 0 Å². The lowest BCUT2D eigenvalue weighted by atomic mass is 9.94. The molecule has 0 heterocycles. The van der Waals surface area contributed by atoms with Crippen molar-refractivity contribution >= 4 is 30.6 Å². The van der Waals surface area contributed by atoms with Gasteiger partial charge in [-0.15, -0.1) is 0 Å². The highest BCUT2D eigenvalue weighted by Crippen LogP contribution is 2.37. The first-order chi connectivity index (χ1) is 35.3. The maximum absolute atomic E-state index is 13.4. The van der Waals surface area contributed by atoms with Crippen LogP contribution in [-0.2, 0) is 23.5 Å². The minimum absolute atomic E-state index is 0.0244. The van der Waals surface area contributed by atoms with E-state index in [4.69, 9.17) is 13.9 Å². The van der Waals surface area contributed by atoms with Gasteiger partial charge in [0.1, 0.15) is 0 Å². The SMILES string of the molecule is CCN(CCCCO[Si](c1ccccc1)(c1ccccc1)C(C)(C)C)C(CCCCCOC(=O)C1CCCCCCCCCCCCCC1)CCCCCOC(=O)C1CCCCCCCCCCCCCC1. The third-order valence-electron chi connectivity index (χ3n) is 16.7. The molecule has 2 aliphatic rings. The summed E-state index contributed by atoms with van der Waals surface area (Å²) in [5.74, 6) is 0.307. The van der Waals surface area contributed by atoms with E-state index in [2.05, 4.69) is 93.3 Å². The van der Waals surface area contributed by atoms with E-state index >= 15 is 0 Å². The van der Waals surface area contributed by atoms with E-state index in [1.807, 2.05) is 0 Å². The van der Waals surface area contributed by atoms with E-state index < -0.39 is 8.32 Å². The summed E-state index contributed by atoms with van der Waals surface area (Å²) in [6, 6.07) is 22.6. The molecular formula is C65H111NO5Si. The number of hydrogen-bond donors (Lipinski definition) is 0. The molecule has 0 bridgehead atoms. The van der Waals surface area contributed by atoms with Crippen LogP contribution in [0, 0.1) is 11.8 Å². The van der Waals surface area contributed by atoms with E-state index in [1.165, 1.54) is 152 Å².